The Morgan fingerprint density at radius 3 is 2.46 bits per heavy atom. The van der Waals surface area contributed by atoms with Crippen LogP contribution in [0.3, 0.4) is 0 Å². The van der Waals surface area contributed by atoms with E-state index in [9.17, 15) is 4.79 Å². The van der Waals surface area contributed by atoms with Crippen molar-refractivity contribution in [3.05, 3.63) is 78.0 Å². The van der Waals surface area contributed by atoms with Crippen LogP contribution >= 0.6 is 12.2 Å². The molecule has 1 amide bonds. The molecule has 5 rings (SSSR count). The number of carbonyl (C=O) groups is 1. The van der Waals surface area contributed by atoms with Crippen molar-refractivity contribution in [1.29, 1.82) is 0 Å². The maximum atomic E-state index is 13.1. The first-order valence-electron chi connectivity index (χ1n) is 14.6. The van der Waals surface area contributed by atoms with Crippen LogP contribution in [-0.2, 0) is 0 Å². The summed E-state index contributed by atoms with van der Waals surface area (Å²) in [5.41, 5.74) is 6.38. The molecule has 3 aromatic rings. The molecule has 1 aliphatic heterocycles. The number of hydrogen-bond donors (Lipinski definition) is 3. The molecule has 1 saturated heterocycles. The Balaban J connectivity index is 1.29. The summed E-state index contributed by atoms with van der Waals surface area (Å²) >= 11 is 5.21. The molecule has 0 bridgehead atoms. The average molecular weight is 573 g/mol. The van der Waals surface area contributed by atoms with E-state index in [4.69, 9.17) is 16.6 Å². The van der Waals surface area contributed by atoms with Crippen LogP contribution in [0.15, 0.2) is 59.7 Å². The van der Waals surface area contributed by atoms with E-state index in [0.29, 0.717) is 29.4 Å². The second-order valence-electron chi connectivity index (χ2n) is 10.8. The molecule has 2 aromatic carbocycles. The summed E-state index contributed by atoms with van der Waals surface area (Å²) < 4.78 is 5.70. The second kappa shape index (κ2) is 13.2. The van der Waals surface area contributed by atoms with Gasteiger partial charge in [-0.1, -0.05) is 43.9 Å². The van der Waals surface area contributed by atoms with Crippen LogP contribution in [0, 0.1) is 6.92 Å². The quantitative estimate of drug-likeness (QED) is 0.188. The van der Waals surface area contributed by atoms with Crippen LogP contribution < -0.4 is 25.8 Å². The number of amides is 1. The monoisotopic (exact) mass is 572 g/mol. The van der Waals surface area contributed by atoms with E-state index in [2.05, 4.69) is 68.5 Å². The van der Waals surface area contributed by atoms with Gasteiger partial charge in [0.05, 0.1) is 22.1 Å². The normalized spacial score (nSPS) is 15.0. The maximum Gasteiger partial charge on any atom is 0.251 e. The lowest BCUT2D eigenvalue weighted by molar-refractivity contribution is 0.0953. The van der Waals surface area contributed by atoms with Crippen LogP contribution in [0.5, 0.6) is 0 Å². The minimum absolute atomic E-state index is 0.106. The molecule has 9 heteroatoms. The summed E-state index contributed by atoms with van der Waals surface area (Å²) in [6.07, 6.45) is 5.53. The van der Waals surface area contributed by atoms with E-state index in [1.54, 1.807) is 6.26 Å². The Morgan fingerprint density at radius 2 is 1.76 bits per heavy atom. The highest BCUT2D eigenvalue weighted by atomic mass is 32.1. The van der Waals surface area contributed by atoms with Gasteiger partial charge in [-0.2, -0.15) is 0 Å². The molecule has 41 heavy (non-hydrogen) atoms. The number of aromatic nitrogens is 1. The number of benzene rings is 2. The van der Waals surface area contributed by atoms with E-state index in [1.165, 1.54) is 11.3 Å². The van der Waals surface area contributed by atoms with Gasteiger partial charge in [0.1, 0.15) is 12.0 Å². The van der Waals surface area contributed by atoms with Crippen molar-refractivity contribution < 1.29 is 9.21 Å². The molecule has 2 fully saturated rings. The van der Waals surface area contributed by atoms with Crippen molar-refractivity contribution in [2.24, 2.45) is 0 Å². The molecule has 1 aliphatic carbocycles. The van der Waals surface area contributed by atoms with E-state index < -0.39 is 0 Å². The molecular formula is C32H40N6O2S. The van der Waals surface area contributed by atoms with Crippen molar-refractivity contribution in [3.8, 4) is 0 Å². The summed E-state index contributed by atoms with van der Waals surface area (Å²) in [6.45, 7) is 13.3. The molecule has 3 N–H and O–H groups in total. The topological polar surface area (TPSA) is 85.7 Å². The van der Waals surface area contributed by atoms with E-state index in [0.717, 1.165) is 80.7 Å². The van der Waals surface area contributed by atoms with Gasteiger partial charge in [-0.25, -0.2) is 4.98 Å². The summed E-state index contributed by atoms with van der Waals surface area (Å²) in [6, 6.07) is 14.4. The first kappa shape index (κ1) is 28.7. The minimum atomic E-state index is -0.106. The lowest BCUT2D eigenvalue weighted by Crippen LogP contribution is -2.47. The Kier molecular flexibility index (Phi) is 9.24. The van der Waals surface area contributed by atoms with Gasteiger partial charge in [0.15, 0.2) is 5.89 Å². The van der Waals surface area contributed by atoms with Gasteiger partial charge in [-0.3, -0.25) is 4.79 Å². The molecule has 1 aromatic heterocycles. The van der Waals surface area contributed by atoms with Crippen LogP contribution in [0.25, 0.3) is 5.70 Å². The molecule has 0 spiro atoms. The zero-order valence-electron chi connectivity index (χ0n) is 24.0. The third-order valence-corrected chi connectivity index (χ3v) is 8.09. The zero-order chi connectivity index (χ0) is 28.8. The number of carbonyl (C=O) groups excluding carboxylic acids is 1. The van der Waals surface area contributed by atoms with Crippen molar-refractivity contribution >= 4 is 45.9 Å². The van der Waals surface area contributed by atoms with Crippen LogP contribution in [-0.4, -0.2) is 55.1 Å². The van der Waals surface area contributed by atoms with Crippen LogP contribution in [0.4, 0.5) is 17.1 Å². The number of nitrogens with one attached hydrogen (secondary N) is 3. The fourth-order valence-corrected chi connectivity index (χ4v) is 5.18. The summed E-state index contributed by atoms with van der Waals surface area (Å²) in [5, 5.41) is 9.70. The Morgan fingerprint density at radius 1 is 1.05 bits per heavy atom. The molecule has 2 heterocycles. The van der Waals surface area contributed by atoms with Gasteiger partial charge >= 0.3 is 0 Å². The standard InChI is InChI=1S/C32H40N6O2S/c1-4-30(41)33-14-7-15-34-31(39)25-12-13-29(38-18-16-37(17-19-38)28-9-6-5-8-22(28)2)26(20-25)35-23(3)27-21-40-32(36-27)24-10-11-24/h5-6,8-9,12-13,20-21,24,35H,3-4,7,10-11,14-19H2,1-2H3,(H,33,41)(H,34,39). The number of aryl methyl sites for hydroxylation is 1. The highest BCUT2D eigenvalue weighted by molar-refractivity contribution is 7.80. The van der Waals surface area contributed by atoms with E-state index >= 15 is 0 Å². The molecule has 0 radical (unpaired) electrons. The first-order chi connectivity index (χ1) is 19.9. The third-order valence-electron chi connectivity index (χ3n) is 7.66. The summed E-state index contributed by atoms with van der Waals surface area (Å²) in [5.74, 6) is 1.10. The zero-order valence-corrected chi connectivity index (χ0v) is 24.9. The maximum absolute atomic E-state index is 13.1. The number of nitrogens with zero attached hydrogens (tertiary/aromatic N) is 3. The predicted molar refractivity (Wildman–Crippen MR) is 171 cm³/mol. The number of thiocarbonyl (C=S) groups is 1. The summed E-state index contributed by atoms with van der Waals surface area (Å²) in [7, 11) is 0. The fraction of sp³-hybridized carbons (Fsp3) is 0.406. The van der Waals surface area contributed by atoms with Gasteiger partial charge in [0, 0.05) is 56.4 Å². The number of piperazine rings is 1. The molecule has 2 aliphatic rings. The molecule has 0 atom stereocenters. The third kappa shape index (κ3) is 7.27. The van der Waals surface area contributed by atoms with Gasteiger partial charge in [-0.15, -0.1) is 0 Å². The Bertz CT molecular complexity index is 1390. The number of anilines is 3. The predicted octanol–water partition coefficient (Wildman–Crippen LogP) is 5.72. The lowest BCUT2D eigenvalue weighted by Gasteiger charge is -2.38. The van der Waals surface area contributed by atoms with Crippen LogP contribution in [0.1, 0.15) is 66.0 Å². The van der Waals surface area contributed by atoms with E-state index in [-0.39, 0.29) is 5.91 Å². The lowest BCUT2D eigenvalue weighted by atomic mass is 10.1. The van der Waals surface area contributed by atoms with E-state index in [1.807, 2.05) is 25.1 Å². The van der Waals surface area contributed by atoms with Gasteiger partial charge in [0.2, 0.25) is 0 Å². The van der Waals surface area contributed by atoms with Gasteiger partial charge in [-0.05, 0) is 62.4 Å². The largest absolute Gasteiger partial charge is 0.448 e. The molecule has 8 nitrogen and oxygen atoms in total. The van der Waals surface area contributed by atoms with Gasteiger partial charge in [0.25, 0.3) is 5.91 Å². The number of hydrogen-bond acceptors (Lipinski definition) is 7. The second-order valence-corrected chi connectivity index (χ2v) is 11.2. The highest BCUT2D eigenvalue weighted by Gasteiger charge is 2.29. The molecule has 0 unspecified atom stereocenters. The van der Waals surface area contributed by atoms with Crippen molar-refractivity contribution in [2.45, 2.75) is 45.4 Å². The summed E-state index contributed by atoms with van der Waals surface area (Å²) in [4.78, 5) is 23.4. The SMILES string of the molecule is C=C(Nc1cc(C(=O)NCCCNC(=S)CC)ccc1N1CCN(c2ccccc2C)CC1)c1coc(C2CC2)n1. The number of para-hydroxylation sites is 1. The fourth-order valence-electron chi connectivity index (χ4n) is 5.08. The smallest absolute Gasteiger partial charge is 0.251 e. The number of oxazole rings is 1. The highest BCUT2D eigenvalue weighted by Crippen LogP contribution is 2.40. The number of rotatable bonds is 12. The molecular weight excluding hydrogens is 532 g/mol. The minimum Gasteiger partial charge on any atom is -0.448 e. The Hall–Kier alpha value is -3.85. The average Bonchev–Trinajstić information content (AvgIpc) is 3.72. The van der Waals surface area contributed by atoms with Crippen molar-refractivity contribution in [3.63, 3.8) is 0 Å². The Labute approximate surface area is 248 Å². The van der Waals surface area contributed by atoms with Crippen molar-refractivity contribution in [1.82, 2.24) is 15.6 Å². The van der Waals surface area contributed by atoms with Crippen LogP contribution in [0.2, 0.25) is 0 Å². The molecule has 216 valence electrons. The van der Waals surface area contributed by atoms with Gasteiger partial charge < -0.3 is 30.2 Å². The first-order valence-corrected chi connectivity index (χ1v) is 15.0. The van der Waals surface area contributed by atoms with Crippen molar-refractivity contribution in [2.75, 3.05) is 54.4 Å². The molecule has 1 saturated carbocycles.